The SMILES string of the molecule is C=C1Sc2ccccc2S/C1=C1/C(=C\C)C2=C(C=C(Cl)CC2)C1(C)C. The van der Waals surface area contributed by atoms with Crippen LogP contribution >= 0.6 is 35.1 Å². The van der Waals surface area contributed by atoms with E-state index in [1.807, 2.05) is 11.8 Å². The van der Waals surface area contributed by atoms with E-state index in [0.29, 0.717) is 0 Å². The molecule has 25 heavy (non-hydrogen) atoms. The molecule has 0 radical (unpaired) electrons. The van der Waals surface area contributed by atoms with Crippen LogP contribution < -0.4 is 0 Å². The third-order valence-corrected chi connectivity index (χ3v) is 8.01. The Labute approximate surface area is 163 Å². The Balaban J connectivity index is 1.91. The Morgan fingerprint density at radius 1 is 1.12 bits per heavy atom. The molecule has 0 unspecified atom stereocenters. The van der Waals surface area contributed by atoms with Crippen LogP contribution in [0.3, 0.4) is 0 Å². The second-order valence-electron chi connectivity index (χ2n) is 7.09. The number of hydrogen-bond donors (Lipinski definition) is 0. The van der Waals surface area contributed by atoms with Gasteiger partial charge in [-0.15, -0.1) is 0 Å². The first-order valence-electron chi connectivity index (χ1n) is 8.59. The Bertz CT molecular complexity index is 910. The molecule has 1 aromatic rings. The summed E-state index contributed by atoms with van der Waals surface area (Å²) in [7, 11) is 0. The van der Waals surface area contributed by atoms with Crippen LogP contribution in [0.2, 0.25) is 0 Å². The van der Waals surface area contributed by atoms with E-state index in [1.165, 1.54) is 37.0 Å². The lowest BCUT2D eigenvalue weighted by Crippen LogP contribution is -2.15. The van der Waals surface area contributed by atoms with Crippen molar-refractivity contribution in [3.63, 3.8) is 0 Å². The quantitative estimate of drug-likeness (QED) is 0.446. The van der Waals surface area contributed by atoms with Crippen molar-refractivity contribution < 1.29 is 0 Å². The lowest BCUT2D eigenvalue weighted by Gasteiger charge is -2.30. The maximum atomic E-state index is 6.40. The average molecular weight is 385 g/mol. The van der Waals surface area contributed by atoms with Crippen LogP contribution in [0.5, 0.6) is 0 Å². The molecular formula is C22H21ClS2. The molecule has 128 valence electrons. The van der Waals surface area contributed by atoms with Crippen LogP contribution in [0, 0.1) is 5.41 Å². The molecule has 2 aliphatic carbocycles. The summed E-state index contributed by atoms with van der Waals surface area (Å²) in [6.07, 6.45) is 6.46. The highest BCUT2D eigenvalue weighted by atomic mass is 35.5. The summed E-state index contributed by atoms with van der Waals surface area (Å²) in [5.74, 6) is 0. The van der Waals surface area contributed by atoms with E-state index >= 15 is 0 Å². The molecule has 0 bridgehead atoms. The minimum Gasteiger partial charge on any atom is -0.0891 e. The lowest BCUT2D eigenvalue weighted by atomic mass is 9.79. The molecule has 0 amide bonds. The summed E-state index contributed by atoms with van der Waals surface area (Å²) >= 11 is 10.1. The fourth-order valence-electron chi connectivity index (χ4n) is 4.03. The van der Waals surface area contributed by atoms with Crippen LogP contribution in [0.1, 0.15) is 33.6 Å². The van der Waals surface area contributed by atoms with Crippen LogP contribution in [-0.4, -0.2) is 0 Å². The molecule has 0 saturated carbocycles. The Morgan fingerprint density at radius 3 is 2.48 bits per heavy atom. The number of hydrogen-bond acceptors (Lipinski definition) is 2. The third-order valence-electron chi connectivity index (χ3n) is 5.20. The van der Waals surface area contributed by atoms with Gasteiger partial charge in [-0.1, -0.05) is 73.8 Å². The van der Waals surface area contributed by atoms with E-state index in [4.69, 9.17) is 11.6 Å². The standard InChI is InChI=1S/C22H21ClS2/c1-5-15-16-11-10-14(23)12-17(16)22(3,4)20(15)21-13(2)24-18-8-6-7-9-19(18)25-21/h5-9,12H,2,10-11H2,1,3-4H3/b15-5-,21-20-. The third kappa shape index (κ3) is 2.70. The van der Waals surface area contributed by atoms with Gasteiger partial charge in [-0.05, 0) is 60.3 Å². The van der Waals surface area contributed by atoms with Crippen molar-refractivity contribution in [1.29, 1.82) is 0 Å². The molecule has 0 aromatic heterocycles. The van der Waals surface area contributed by atoms with E-state index in [-0.39, 0.29) is 5.41 Å². The van der Waals surface area contributed by atoms with Gasteiger partial charge in [-0.3, -0.25) is 0 Å². The topological polar surface area (TPSA) is 0 Å². The number of rotatable bonds is 0. The molecule has 0 nitrogen and oxygen atoms in total. The van der Waals surface area contributed by atoms with Crippen LogP contribution in [0.25, 0.3) is 0 Å². The van der Waals surface area contributed by atoms with Gasteiger partial charge in [0.15, 0.2) is 0 Å². The van der Waals surface area contributed by atoms with Crippen molar-refractivity contribution in [3.05, 3.63) is 80.1 Å². The van der Waals surface area contributed by atoms with Crippen LogP contribution in [0.15, 0.2) is 89.9 Å². The zero-order valence-electron chi connectivity index (χ0n) is 14.8. The summed E-state index contributed by atoms with van der Waals surface area (Å²) < 4.78 is 0. The first kappa shape index (κ1) is 17.3. The van der Waals surface area contributed by atoms with Gasteiger partial charge in [0, 0.05) is 30.0 Å². The lowest BCUT2D eigenvalue weighted by molar-refractivity contribution is 0.574. The summed E-state index contributed by atoms with van der Waals surface area (Å²) in [5.41, 5.74) is 5.62. The normalized spacial score (nSPS) is 26.6. The van der Waals surface area contributed by atoms with Crippen molar-refractivity contribution in [2.75, 3.05) is 0 Å². The highest BCUT2D eigenvalue weighted by Crippen LogP contribution is 2.60. The average Bonchev–Trinajstić information content (AvgIpc) is 2.81. The number of fused-ring (bicyclic) bond motifs is 1. The van der Waals surface area contributed by atoms with Crippen molar-refractivity contribution in [2.45, 2.75) is 43.4 Å². The maximum Gasteiger partial charge on any atom is 0.0303 e. The fraction of sp³-hybridized carbons (Fsp3) is 0.273. The van der Waals surface area contributed by atoms with Crippen LogP contribution in [-0.2, 0) is 0 Å². The summed E-state index contributed by atoms with van der Waals surface area (Å²) in [6.45, 7) is 11.2. The van der Waals surface area contributed by atoms with E-state index in [2.05, 4.69) is 63.8 Å². The van der Waals surface area contributed by atoms with Gasteiger partial charge in [0.1, 0.15) is 0 Å². The van der Waals surface area contributed by atoms with Crippen molar-refractivity contribution in [3.8, 4) is 0 Å². The Kier molecular flexibility index (Phi) is 4.34. The summed E-state index contributed by atoms with van der Waals surface area (Å²) in [5, 5.41) is 0.975. The number of allylic oxidation sites excluding steroid dienone is 7. The first-order valence-corrected chi connectivity index (χ1v) is 10.6. The monoisotopic (exact) mass is 384 g/mol. The number of thioether (sulfide) groups is 2. The van der Waals surface area contributed by atoms with Gasteiger partial charge in [0.2, 0.25) is 0 Å². The van der Waals surface area contributed by atoms with Gasteiger partial charge < -0.3 is 0 Å². The van der Waals surface area contributed by atoms with Gasteiger partial charge in [-0.25, -0.2) is 0 Å². The predicted molar refractivity (Wildman–Crippen MR) is 112 cm³/mol. The molecule has 4 rings (SSSR count). The number of halogens is 1. The van der Waals surface area contributed by atoms with Crippen molar-refractivity contribution >= 4 is 35.1 Å². The van der Waals surface area contributed by atoms with Gasteiger partial charge >= 0.3 is 0 Å². The van der Waals surface area contributed by atoms with Gasteiger partial charge in [0.05, 0.1) is 0 Å². The first-order chi connectivity index (χ1) is 11.9. The molecule has 1 aromatic carbocycles. The highest BCUT2D eigenvalue weighted by Gasteiger charge is 2.43. The zero-order valence-corrected chi connectivity index (χ0v) is 17.2. The van der Waals surface area contributed by atoms with E-state index in [9.17, 15) is 0 Å². The van der Waals surface area contributed by atoms with Gasteiger partial charge in [-0.2, -0.15) is 0 Å². The molecule has 0 atom stereocenters. The minimum atomic E-state index is -0.0458. The molecular weight excluding hydrogens is 364 g/mol. The molecule has 1 aliphatic heterocycles. The zero-order chi connectivity index (χ0) is 17.8. The van der Waals surface area contributed by atoms with E-state index in [1.54, 1.807) is 11.8 Å². The molecule has 0 fully saturated rings. The molecule has 0 saturated heterocycles. The van der Waals surface area contributed by atoms with Gasteiger partial charge in [0.25, 0.3) is 0 Å². The fourth-order valence-corrected chi connectivity index (χ4v) is 6.63. The van der Waals surface area contributed by atoms with Crippen molar-refractivity contribution in [1.82, 2.24) is 0 Å². The maximum absolute atomic E-state index is 6.40. The molecule has 3 heteroatoms. The number of benzene rings is 1. The molecule has 1 heterocycles. The molecule has 0 spiro atoms. The minimum absolute atomic E-state index is 0.0458. The smallest absolute Gasteiger partial charge is 0.0303 e. The molecule has 3 aliphatic rings. The highest BCUT2D eigenvalue weighted by molar-refractivity contribution is 8.11. The van der Waals surface area contributed by atoms with E-state index in [0.717, 1.165) is 22.8 Å². The second-order valence-corrected chi connectivity index (χ2v) is 9.76. The van der Waals surface area contributed by atoms with E-state index < -0.39 is 0 Å². The molecule has 0 N–H and O–H groups in total. The summed E-state index contributed by atoms with van der Waals surface area (Å²) in [4.78, 5) is 5.11. The Hall–Kier alpha value is -1.09. The summed E-state index contributed by atoms with van der Waals surface area (Å²) in [6, 6.07) is 8.61. The largest absolute Gasteiger partial charge is 0.0891 e. The Morgan fingerprint density at radius 2 is 1.80 bits per heavy atom. The predicted octanol–water partition coefficient (Wildman–Crippen LogP) is 7.85. The second kappa shape index (κ2) is 6.26. The van der Waals surface area contributed by atoms with Crippen LogP contribution in [0.4, 0.5) is 0 Å². The van der Waals surface area contributed by atoms with Crippen molar-refractivity contribution in [2.24, 2.45) is 5.41 Å².